The van der Waals surface area contributed by atoms with Gasteiger partial charge in [-0.1, -0.05) is 30.3 Å². The van der Waals surface area contributed by atoms with Gasteiger partial charge in [0.15, 0.2) is 12.4 Å². The van der Waals surface area contributed by atoms with Crippen LogP contribution in [-0.4, -0.2) is 36.7 Å². The van der Waals surface area contributed by atoms with E-state index in [1.165, 1.54) is 13.0 Å². The Bertz CT molecular complexity index is 889. The third-order valence-corrected chi connectivity index (χ3v) is 3.75. The van der Waals surface area contributed by atoms with Crippen molar-refractivity contribution in [2.45, 2.75) is 13.3 Å². The van der Waals surface area contributed by atoms with Gasteiger partial charge in [0.2, 0.25) is 11.8 Å². The normalized spacial score (nSPS) is 10.4. The maximum absolute atomic E-state index is 12.0. The van der Waals surface area contributed by atoms with Crippen LogP contribution in [0.3, 0.4) is 0 Å². The zero-order chi connectivity index (χ0) is 21.1. The second-order valence-corrected chi connectivity index (χ2v) is 6.13. The van der Waals surface area contributed by atoms with Crippen molar-refractivity contribution in [3.05, 3.63) is 71.8 Å². The Morgan fingerprint density at radius 3 is 2.31 bits per heavy atom. The maximum atomic E-state index is 12.0. The van der Waals surface area contributed by atoms with Crippen molar-refractivity contribution in [1.29, 1.82) is 0 Å². The minimum absolute atomic E-state index is 0.0420. The Balaban J connectivity index is 1.67. The van der Waals surface area contributed by atoms with Crippen LogP contribution in [0.25, 0.3) is 6.08 Å². The number of ketones is 1. The van der Waals surface area contributed by atoms with Crippen molar-refractivity contribution in [1.82, 2.24) is 5.32 Å². The Morgan fingerprint density at radius 2 is 1.66 bits per heavy atom. The Labute approximate surface area is 168 Å². The Morgan fingerprint density at radius 1 is 0.966 bits per heavy atom. The molecule has 2 rings (SSSR count). The first-order chi connectivity index (χ1) is 13.9. The fourth-order valence-electron chi connectivity index (χ4n) is 2.33. The molecule has 2 N–H and O–H groups in total. The van der Waals surface area contributed by atoms with Crippen LogP contribution in [0, 0.1) is 0 Å². The molecule has 0 spiro atoms. The number of hydrogen-bond acceptors (Lipinski definition) is 5. The smallest absolute Gasteiger partial charge is 0.308 e. The van der Waals surface area contributed by atoms with Crippen molar-refractivity contribution in [2.24, 2.45) is 0 Å². The lowest BCUT2D eigenvalue weighted by Crippen LogP contribution is -2.25. The van der Waals surface area contributed by atoms with Gasteiger partial charge < -0.3 is 15.4 Å². The molecule has 0 heterocycles. The van der Waals surface area contributed by atoms with Crippen LogP contribution >= 0.6 is 0 Å². The standard InChI is InChI=1S/C22H22N2O5/c1-16(25)24-19-10-8-18(9-11-19)20(26)15-29-22(28)13-14-23-21(27)12-7-17-5-3-2-4-6-17/h2-12H,13-15H2,1H3,(H,23,27)(H,24,25)/b12-7+. The highest BCUT2D eigenvalue weighted by Gasteiger charge is 2.10. The SMILES string of the molecule is CC(=O)Nc1ccc(C(=O)COC(=O)CCNC(=O)/C=C/c2ccccc2)cc1. The molecular weight excluding hydrogens is 372 g/mol. The van der Waals surface area contributed by atoms with Crippen LogP contribution in [0.15, 0.2) is 60.7 Å². The van der Waals surface area contributed by atoms with Gasteiger partial charge in [-0.25, -0.2) is 0 Å². The summed E-state index contributed by atoms with van der Waals surface area (Å²) >= 11 is 0. The molecular formula is C22H22N2O5. The van der Waals surface area contributed by atoms with Gasteiger partial charge in [-0.2, -0.15) is 0 Å². The average molecular weight is 394 g/mol. The van der Waals surface area contributed by atoms with Crippen LogP contribution in [0.1, 0.15) is 29.3 Å². The molecule has 0 atom stereocenters. The van der Waals surface area contributed by atoms with Crippen molar-refractivity contribution < 1.29 is 23.9 Å². The number of rotatable bonds is 9. The highest BCUT2D eigenvalue weighted by Crippen LogP contribution is 2.10. The first kappa shape index (κ1) is 21.6. The van der Waals surface area contributed by atoms with Crippen LogP contribution in [-0.2, 0) is 19.1 Å². The number of carbonyl (C=O) groups excluding carboxylic acids is 4. The molecule has 0 radical (unpaired) electrons. The van der Waals surface area contributed by atoms with Gasteiger partial charge in [0.05, 0.1) is 6.42 Å². The number of Topliss-reactive ketones (excluding diaryl/α,β-unsaturated/α-hetero) is 1. The largest absolute Gasteiger partial charge is 0.457 e. The van der Waals surface area contributed by atoms with E-state index in [4.69, 9.17) is 4.74 Å². The van der Waals surface area contributed by atoms with Crippen LogP contribution in [0.2, 0.25) is 0 Å². The first-order valence-corrected chi connectivity index (χ1v) is 9.01. The molecule has 2 aromatic carbocycles. The third kappa shape index (κ3) is 8.21. The van der Waals surface area contributed by atoms with E-state index in [1.807, 2.05) is 30.3 Å². The van der Waals surface area contributed by atoms with Crippen molar-refractivity contribution in [3.8, 4) is 0 Å². The van der Waals surface area contributed by atoms with Gasteiger partial charge in [0.1, 0.15) is 0 Å². The summed E-state index contributed by atoms with van der Waals surface area (Å²) in [6.07, 6.45) is 3.01. The minimum Gasteiger partial charge on any atom is -0.457 e. The highest BCUT2D eigenvalue weighted by molar-refractivity contribution is 5.98. The van der Waals surface area contributed by atoms with E-state index in [9.17, 15) is 19.2 Å². The fraction of sp³-hybridized carbons (Fsp3) is 0.182. The predicted octanol–water partition coefficient (Wildman–Crippen LogP) is 2.59. The summed E-state index contributed by atoms with van der Waals surface area (Å²) in [7, 11) is 0. The lowest BCUT2D eigenvalue weighted by Gasteiger charge is -2.06. The van der Waals surface area contributed by atoms with Gasteiger partial charge >= 0.3 is 5.97 Å². The molecule has 0 saturated heterocycles. The van der Waals surface area contributed by atoms with Gasteiger partial charge in [0, 0.05) is 30.8 Å². The number of amides is 2. The summed E-state index contributed by atoms with van der Waals surface area (Å²) in [5.41, 5.74) is 1.83. The van der Waals surface area contributed by atoms with E-state index in [2.05, 4.69) is 10.6 Å². The lowest BCUT2D eigenvalue weighted by molar-refractivity contribution is -0.142. The third-order valence-electron chi connectivity index (χ3n) is 3.75. The molecule has 2 aromatic rings. The molecule has 0 aliphatic carbocycles. The van der Waals surface area contributed by atoms with E-state index in [1.54, 1.807) is 30.3 Å². The average Bonchev–Trinajstić information content (AvgIpc) is 2.71. The number of benzene rings is 2. The molecule has 2 amide bonds. The fourth-order valence-corrected chi connectivity index (χ4v) is 2.33. The van der Waals surface area contributed by atoms with E-state index in [0.717, 1.165) is 5.56 Å². The van der Waals surface area contributed by atoms with Gasteiger partial charge in [-0.05, 0) is 35.9 Å². The van der Waals surface area contributed by atoms with E-state index < -0.39 is 5.97 Å². The number of ether oxygens (including phenoxy) is 1. The summed E-state index contributed by atoms with van der Waals surface area (Å²) in [4.78, 5) is 46.5. The molecule has 0 saturated carbocycles. The Hall–Kier alpha value is -3.74. The monoisotopic (exact) mass is 394 g/mol. The number of esters is 1. The summed E-state index contributed by atoms with van der Waals surface area (Å²) in [6.45, 7) is 1.11. The number of hydrogen-bond donors (Lipinski definition) is 2. The molecule has 29 heavy (non-hydrogen) atoms. The van der Waals surface area contributed by atoms with E-state index >= 15 is 0 Å². The second kappa shape index (κ2) is 11.2. The van der Waals surface area contributed by atoms with Gasteiger partial charge in [-0.3, -0.25) is 19.2 Å². The van der Waals surface area contributed by atoms with Crippen molar-refractivity contribution in [2.75, 3.05) is 18.5 Å². The first-order valence-electron chi connectivity index (χ1n) is 9.01. The van der Waals surface area contributed by atoms with Gasteiger partial charge in [-0.15, -0.1) is 0 Å². The summed E-state index contributed by atoms with van der Waals surface area (Å²) in [5, 5.41) is 5.18. The van der Waals surface area contributed by atoms with Crippen LogP contribution in [0.5, 0.6) is 0 Å². The molecule has 150 valence electrons. The topological polar surface area (TPSA) is 102 Å². The molecule has 7 nitrogen and oxygen atoms in total. The summed E-state index contributed by atoms with van der Waals surface area (Å²) in [5.74, 6) is -1.47. The maximum Gasteiger partial charge on any atom is 0.308 e. The van der Waals surface area contributed by atoms with Gasteiger partial charge in [0.25, 0.3) is 0 Å². The Kier molecular flexibility index (Phi) is 8.31. The van der Waals surface area contributed by atoms with Crippen molar-refractivity contribution >= 4 is 35.3 Å². The number of nitrogens with one attached hydrogen (secondary N) is 2. The van der Waals surface area contributed by atoms with E-state index in [-0.39, 0.29) is 37.2 Å². The second-order valence-electron chi connectivity index (χ2n) is 6.13. The molecule has 0 bridgehead atoms. The number of anilines is 1. The molecule has 0 fully saturated rings. The lowest BCUT2D eigenvalue weighted by atomic mass is 10.1. The minimum atomic E-state index is -0.583. The van der Waals surface area contributed by atoms with Crippen LogP contribution < -0.4 is 10.6 Å². The zero-order valence-electron chi connectivity index (χ0n) is 16.0. The molecule has 0 aliphatic rings. The predicted molar refractivity (Wildman–Crippen MR) is 109 cm³/mol. The molecule has 0 unspecified atom stereocenters. The van der Waals surface area contributed by atoms with Crippen LogP contribution in [0.4, 0.5) is 5.69 Å². The molecule has 7 heteroatoms. The highest BCUT2D eigenvalue weighted by atomic mass is 16.5. The summed E-state index contributed by atoms with van der Waals surface area (Å²) in [6, 6.07) is 15.6. The van der Waals surface area contributed by atoms with E-state index in [0.29, 0.717) is 11.3 Å². The molecule has 0 aromatic heterocycles. The molecule has 0 aliphatic heterocycles. The van der Waals surface area contributed by atoms with Crippen molar-refractivity contribution in [3.63, 3.8) is 0 Å². The zero-order valence-corrected chi connectivity index (χ0v) is 16.0. The summed E-state index contributed by atoms with van der Waals surface area (Å²) < 4.78 is 4.94. The quantitative estimate of drug-likeness (QED) is 0.387. The number of carbonyl (C=O) groups is 4.